The Morgan fingerprint density at radius 3 is 2.50 bits per heavy atom. The van der Waals surface area contributed by atoms with Crippen LogP contribution in [0.3, 0.4) is 0 Å². The van der Waals surface area contributed by atoms with Gasteiger partial charge in [-0.25, -0.2) is 8.78 Å². The molecule has 0 aliphatic rings. The first kappa shape index (κ1) is 21.7. The van der Waals surface area contributed by atoms with E-state index in [2.05, 4.69) is 20.9 Å². The zero-order valence-corrected chi connectivity index (χ0v) is 16.7. The van der Waals surface area contributed by atoms with Crippen molar-refractivity contribution in [3.05, 3.63) is 70.8 Å². The average molecular weight is 407 g/mol. The molecule has 2 aromatic carbocycles. The van der Waals surface area contributed by atoms with E-state index in [0.717, 1.165) is 16.9 Å². The number of rotatable bonds is 8. The van der Waals surface area contributed by atoms with Crippen molar-refractivity contribution in [3.63, 3.8) is 0 Å². The molecule has 0 saturated heterocycles. The number of nitrogens with one attached hydrogen (secondary N) is 3. The number of amides is 1. The standard InChI is InChI=1S/C20H24F2N4OS/c1-23-20(26-12-14-7-8-16(21)11-15(14)13-28-2)25-10-9-24-19(27)17-5-3-4-6-18(17)22/h3-8,11H,9-10,12-13H2,1-2H3,(H,24,27)(H2,23,25,26). The summed E-state index contributed by atoms with van der Waals surface area (Å²) in [6.07, 6.45) is 1.97. The van der Waals surface area contributed by atoms with E-state index in [1.807, 2.05) is 6.26 Å². The predicted octanol–water partition coefficient (Wildman–Crippen LogP) is 2.92. The van der Waals surface area contributed by atoms with Crippen LogP contribution >= 0.6 is 11.8 Å². The van der Waals surface area contributed by atoms with Crippen LogP contribution in [0.5, 0.6) is 0 Å². The van der Waals surface area contributed by atoms with Crippen LogP contribution < -0.4 is 16.0 Å². The lowest BCUT2D eigenvalue weighted by Crippen LogP contribution is -2.41. The Balaban J connectivity index is 1.79. The number of benzene rings is 2. The van der Waals surface area contributed by atoms with Gasteiger partial charge in [-0.2, -0.15) is 11.8 Å². The summed E-state index contributed by atoms with van der Waals surface area (Å²) >= 11 is 1.63. The number of halogens is 2. The van der Waals surface area contributed by atoms with E-state index >= 15 is 0 Å². The quantitative estimate of drug-likeness (QED) is 0.358. The Labute approximate surface area is 168 Å². The molecule has 0 spiro atoms. The fraction of sp³-hybridized carbons (Fsp3) is 0.300. The maximum atomic E-state index is 13.6. The van der Waals surface area contributed by atoms with Crippen molar-refractivity contribution in [2.45, 2.75) is 12.3 Å². The first-order valence-electron chi connectivity index (χ1n) is 8.78. The number of nitrogens with zero attached hydrogens (tertiary/aromatic N) is 1. The maximum absolute atomic E-state index is 13.6. The van der Waals surface area contributed by atoms with Gasteiger partial charge in [0.1, 0.15) is 11.6 Å². The Hall–Kier alpha value is -2.61. The van der Waals surface area contributed by atoms with Gasteiger partial charge in [0.05, 0.1) is 5.56 Å². The Morgan fingerprint density at radius 2 is 1.79 bits per heavy atom. The minimum Gasteiger partial charge on any atom is -0.355 e. The summed E-state index contributed by atoms with van der Waals surface area (Å²) in [5.74, 6) is 0.0187. The van der Waals surface area contributed by atoms with Gasteiger partial charge < -0.3 is 16.0 Å². The van der Waals surface area contributed by atoms with Crippen LogP contribution in [0.2, 0.25) is 0 Å². The number of thioether (sulfide) groups is 1. The van der Waals surface area contributed by atoms with Crippen LogP contribution in [0.1, 0.15) is 21.5 Å². The number of hydrogen-bond donors (Lipinski definition) is 3. The van der Waals surface area contributed by atoms with Gasteiger partial charge in [0.2, 0.25) is 0 Å². The summed E-state index contributed by atoms with van der Waals surface area (Å²) in [6.45, 7) is 1.22. The van der Waals surface area contributed by atoms with Crippen molar-refractivity contribution in [2.75, 3.05) is 26.4 Å². The first-order chi connectivity index (χ1) is 13.5. The third kappa shape index (κ3) is 6.53. The van der Waals surface area contributed by atoms with Crippen LogP contribution in [0.4, 0.5) is 8.78 Å². The molecule has 3 N–H and O–H groups in total. The van der Waals surface area contributed by atoms with E-state index in [1.165, 1.54) is 24.3 Å². The van der Waals surface area contributed by atoms with Gasteiger partial charge in [0.25, 0.3) is 5.91 Å². The van der Waals surface area contributed by atoms with Gasteiger partial charge in [-0.15, -0.1) is 0 Å². The molecule has 1 amide bonds. The van der Waals surface area contributed by atoms with Crippen molar-refractivity contribution in [1.29, 1.82) is 0 Å². The van der Waals surface area contributed by atoms with Crippen LogP contribution in [0.25, 0.3) is 0 Å². The molecule has 2 rings (SSSR count). The molecule has 8 heteroatoms. The predicted molar refractivity (Wildman–Crippen MR) is 111 cm³/mol. The Bertz CT molecular complexity index is 830. The zero-order valence-electron chi connectivity index (χ0n) is 15.9. The second-order valence-electron chi connectivity index (χ2n) is 5.93. The first-order valence-corrected chi connectivity index (χ1v) is 10.2. The van der Waals surface area contributed by atoms with Gasteiger partial charge in [0.15, 0.2) is 5.96 Å². The van der Waals surface area contributed by atoms with Gasteiger partial charge in [-0.05, 0) is 41.6 Å². The molecule has 0 aromatic heterocycles. The molecule has 0 aliphatic carbocycles. The molecule has 2 aromatic rings. The molecule has 0 fully saturated rings. The van der Waals surface area contributed by atoms with Crippen molar-refractivity contribution in [2.24, 2.45) is 4.99 Å². The molecule has 150 valence electrons. The molecule has 0 aliphatic heterocycles. The minimum absolute atomic E-state index is 0.0163. The monoisotopic (exact) mass is 406 g/mol. The number of guanidine groups is 1. The lowest BCUT2D eigenvalue weighted by Gasteiger charge is -2.14. The third-order valence-corrected chi connectivity index (χ3v) is 4.56. The van der Waals surface area contributed by atoms with E-state index in [9.17, 15) is 13.6 Å². The highest BCUT2D eigenvalue weighted by Crippen LogP contribution is 2.16. The Kier molecular flexibility index (Phi) is 8.74. The van der Waals surface area contributed by atoms with Crippen LogP contribution in [-0.4, -0.2) is 38.3 Å². The fourth-order valence-electron chi connectivity index (χ4n) is 2.55. The molecule has 0 saturated carbocycles. The van der Waals surface area contributed by atoms with E-state index in [-0.39, 0.29) is 11.4 Å². The number of hydrogen-bond acceptors (Lipinski definition) is 3. The summed E-state index contributed by atoms with van der Waals surface area (Å²) < 4.78 is 27.0. The Morgan fingerprint density at radius 1 is 1.04 bits per heavy atom. The largest absolute Gasteiger partial charge is 0.355 e. The van der Waals surface area contributed by atoms with Gasteiger partial charge >= 0.3 is 0 Å². The van der Waals surface area contributed by atoms with Gasteiger partial charge in [-0.3, -0.25) is 9.79 Å². The maximum Gasteiger partial charge on any atom is 0.254 e. The third-order valence-electron chi connectivity index (χ3n) is 3.96. The molecule has 0 bridgehead atoms. The molecule has 0 atom stereocenters. The second-order valence-corrected chi connectivity index (χ2v) is 6.80. The van der Waals surface area contributed by atoms with Crippen LogP contribution in [0, 0.1) is 11.6 Å². The van der Waals surface area contributed by atoms with E-state index in [4.69, 9.17) is 0 Å². The van der Waals surface area contributed by atoms with Crippen molar-refractivity contribution < 1.29 is 13.6 Å². The molecular weight excluding hydrogens is 382 g/mol. The molecule has 0 radical (unpaired) electrons. The van der Waals surface area contributed by atoms with Gasteiger partial charge in [0, 0.05) is 32.4 Å². The van der Waals surface area contributed by atoms with Crippen molar-refractivity contribution in [3.8, 4) is 0 Å². The van der Waals surface area contributed by atoms with Crippen molar-refractivity contribution >= 4 is 23.6 Å². The van der Waals surface area contributed by atoms with Gasteiger partial charge in [-0.1, -0.05) is 18.2 Å². The second kappa shape index (κ2) is 11.3. The van der Waals surface area contributed by atoms with E-state index < -0.39 is 11.7 Å². The highest BCUT2D eigenvalue weighted by molar-refractivity contribution is 7.97. The molecule has 5 nitrogen and oxygen atoms in total. The fourth-order valence-corrected chi connectivity index (χ4v) is 3.13. The van der Waals surface area contributed by atoms with E-state index in [1.54, 1.807) is 37.0 Å². The topological polar surface area (TPSA) is 65.5 Å². The number of carbonyl (C=O) groups is 1. The van der Waals surface area contributed by atoms with E-state index in [0.29, 0.717) is 25.6 Å². The summed E-state index contributed by atoms with van der Waals surface area (Å²) in [6, 6.07) is 10.6. The minimum atomic E-state index is -0.550. The highest BCUT2D eigenvalue weighted by Gasteiger charge is 2.10. The molecule has 28 heavy (non-hydrogen) atoms. The van der Waals surface area contributed by atoms with Crippen molar-refractivity contribution in [1.82, 2.24) is 16.0 Å². The molecule has 0 heterocycles. The normalized spacial score (nSPS) is 11.2. The summed E-state index contributed by atoms with van der Waals surface area (Å²) in [5, 5.41) is 8.90. The lowest BCUT2D eigenvalue weighted by atomic mass is 10.1. The SMILES string of the molecule is CN=C(NCCNC(=O)c1ccccc1F)NCc1ccc(F)cc1CSC. The highest BCUT2D eigenvalue weighted by atomic mass is 32.2. The summed E-state index contributed by atoms with van der Waals surface area (Å²) in [7, 11) is 1.64. The number of aliphatic imine (C=N–C) groups is 1. The summed E-state index contributed by atoms with van der Waals surface area (Å²) in [4.78, 5) is 16.1. The summed E-state index contributed by atoms with van der Waals surface area (Å²) in [5.41, 5.74) is 1.95. The lowest BCUT2D eigenvalue weighted by molar-refractivity contribution is 0.0950. The van der Waals surface area contributed by atoms with Crippen LogP contribution in [-0.2, 0) is 12.3 Å². The van der Waals surface area contributed by atoms with Crippen LogP contribution in [0.15, 0.2) is 47.5 Å². The molecule has 0 unspecified atom stereocenters. The molecular formula is C20H24F2N4OS. The smallest absolute Gasteiger partial charge is 0.254 e. The average Bonchev–Trinajstić information content (AvgIpc) is 2.69. The number of carbonyl (C=O) groups excluding carboxylic acids is 1. The zero-order chi connectivity index (χ0) is 20.4.